The average molecular weight is 250 g/mol. The van der Waals surface area contributed by atoms with Crippen molar-refractivity contribution in [3.63, 3.8) is 0 Å². The van der Waals surface area contributed by atoms with E-state index in [9.17, 15) is 0 Å². The van der Waals surface area contributed by atoms with Gasteiger partial charge in [-0.2, -0.15) is 0 Å². The minimum Gasteiger partial charge on any atom is -0.468 e. The summed E-state index contributed by atoms with van der Waals surface area (Å²) < 4.78 is 5.43. The first kappa shape index (κ1) is 13.6. The van der Waals surface area contributed by atoms with Gasteiger partial charge >= 0.3 is 0 Å². The molecule has 1 aromatic heterocycles. The Morgan fingerprint density at radius 1 is 1.44 bits per heavy atom. The van der Waals surface area contributed by atoms with Gasteiger partial charge in [0.15, 0.2) is 0 Å². The molecule has 2 rings (SSSR count). The molecule has 0 bridgehead atoms. The van der Waals surface area contributed by atoms with Crippen molar-refractivity contribution in [1.29, 1.82) is 0 Å². The maximum atomic E-state index is 6.27. The van der Waals surface area contributed by atoms with Gasteiger partial charge in [0.25, 0.3) is 0 Å². The molecule has 0 aromatic carbocycles. The van der Waals surface area contributed by atoms with Crippen molar-refractivity contribution in [2.24, 2.45) is 17.6 Å². The predicted molar refractivity (Wildman–Crippen MR) is 74.1 cm³/mol. The summed E-state index contributed by atoms with van der Waals surface area (Å²) in [6, 6.07) is 4.38. The zero-order valence-corrected chi connectivity index (χ0v) is 11.6. The second-order valence-electron chi connectivity index (χ2n) is 5.75. The molecule has 1 fully saturated rings. The molecule has 1 heterocycles. The van der Waals surface area contributed by atoms with Crippen LogP contribution in [0.2, 0.25) is 0 Å². The lowest BCUT2D eigenvalue weighted by Gasteiger charge is -2.35. The molecule has 0 aliphatic heterocycles. The molecule has 0 saturated heterocycles. The van der Waals surface area contributed by atoms with Crippen molar-refractivity contribution in [2.45, 2.75) is 45.7 Å². The standard InChI is InChI=1S/C15H26N2O/c1-3-17(11-14-5-4-8-18-14)10-13-9-12(2)6-7-15(13)16/h4-5,8,12-13,15H,3,6-7,9-11,16H2,1-2H3. The summed E-state index contributed by atoms with van der Waals surface area (Å²) in [5, 5.41) is 0. The van der Waals surface area contributed by atoms with Crippen LogP contribution in [0.5, 0.6) is 0 Å². The van der Waals surface area contributed by atoms with Gasteiger partial charge in [-0.15, -0.1) is 0 Å². The molecule has 3 nitrogen and oxygen atoms in total. The van der Waals surface area contributed by atoms with Crippen LogP contribution in [0.15, 0.2) is 22.8 Å². The largest absolute Gasteiger partial charge is 0.468 e. The summed E-state index contributed by atoms with van der Waals surface area (Å²) in [5.41, 5.74) is 6.27. The van der Waals surface area contributed by atoms with Crippen LogP contribution in [0.1, 0.15) is 38.9 Å². The van der Waals surface area contributed by atoms with Gasteiger partial charge in [-0.25, -0.2) is 0 Å². The van der Waals surface area contributed by atoms with Crippen molar-refractivity contribution in [2.75, 3.05) is 13.1 Å². The van der Waals surface area contributed by atoms with Gasteiger partial charge in [-0.3, -0.25) is 4.90 Å². The molecule has 0 amide bonds. The van der Waals surface area contributed by atoms with Crippen molar-refractivity contribution in [1.82, 2.24) is 4.90 Å². The Kier molecular flexibility index (Phi) is 4.84. The van der Waals surface area contributed by atoms with E-state index in [1.807, 2.05) is 12.1 Å². The third-order valence-corrected chi connectivity index (χ3v) is 4.20. The maximum Gasteiger partial charge on any atom is 0.117 e. The third-order valence-electron chi connectivity index (χ3n) is 4.20. The molecule has 18 heavy (non-hydrogen) atoms. The van der Waals surface area contributed by atoms with Crippen LogP contribution in [-0.2, 0) is 6.54 Å². The maximum absolute atomic E-state index is 6.27. The average Bonchev–Trinajstić information content (AvgIpc) is 2.85. The van der Waals surface area contributed by atoms with E-state index in [-0.39, 0.29) is 0 Å². The number of furan rings is 1. The Hall–Kier alpha value is -0.800. The molecule has 102 valence electrons. The highest BCUT2D eigenvalue weighted by Gasteiger charge is 2.27. The first-order chi connectivity index (χ1) is 8.69. The molecule has 3 unspecified atom stereocenters. The monoisotopic (exact) mass is 250 g/mol. The summed E-state index contributed by atoms with van der Waals surface area (Å²) in [6.07, 6.45) is 5.50. The van der Waals surface area contributed by atoms with Gasteiger partial charge < -0.3 is 10.2 Å². The Bertz CT molecular complexity index is 336. The fraction of sp³-hybridized carbons (Fsp3) is 0.733. The molecular weight excluding hydrogens is 224 g/mol. The van der Waals surface area contributed by atoms with Gasteiger partial charge in [0.2, 0.25) is 0 Å². The number of hydrogen-bond donors (Lipinski definition) is 1. The topological polar surface area (TPSA) is 42.4 Å². The highest BCUT2D eigenvalue weighted by molar-refractivity contribution is 4.98. The summed E-state index contributed by atoms with van der Waals surface area (Å²) >= 11 is 0. The van der Waals surface area contributed by atoms with E-state index in [0.717, 1.165) is 31.3 Å². The Balaban J connectivity index is 1.88. The molecule has 1 saturated carbocycles. The Morgan fingerprint density at radius 2 is 2.28 bits per heavy atom. The smallest absolute Gasteiger partial charge is 0.117 e. The van der Waals surface area contributed by atoms with Crippen molar-refractivity contribution >= 4 is 0 Å². The second-order valence-corrected chi connectivity index (χ2v) is 5.75. The SMILES string of the molecule is CCN(Cc1ccco1)CC1CC(C)CCC1N. The first-order valence-corrected chi connectivity index (χ1v) is 7.19. The second kappa shape index (κ2) is 6.39. The predicted octanol–water partition coefficient (Wildman–Crippen LogP) is 2.87. The fourth-order valence-electron chi connectivity index (χ4n) is 2.99. The van der Waals surface area contributed by atoms with Crippen LogP contribution in [-0.4, -0.2) is 24.0 Å². The highest BCUT2D eigenvalue weighted by atomic mass is 16.3. The summed E-state index contributed by atoms with van der Waals surface area (Å²) in [4.78, 5) is 2.45. The number of nitrogens with zero attached hydrogens (tertiary/aromatic N) is 1. The molecule has 3 atom stereocenters. The number of nitrogens with two attached hydrogens (primary N) is 1. The molecule has 0 radical (unpaired) electrons. The van der Waals surface area contributed by atoms with E-state index in [1.165, 1.54) is 19.3 Å². The zero-order valence-electron chi connectivity index (χ0n) is 11.6. The third kappa shape index (κ3) is 3.59. The van der Waals surface area contributed by atoms with E-state index in [0.29, 0.717) is 12.0 Å². The van der Waals surface area contributed by atoms with Crippen LogP contribution in [0.3, 0.4) is 0 Å². The molecule has 3 heteroatoms. The van der Waals surface area contributed by atoms with E-state index < -0.39 is 0 Å². The minimum atomic E-state index is 0.381. The van der Waals surface area contributed by atoms with Gasteiger partial charge in [0, 0.05) is 12.6 Å². The van der Waals surface area contributed by atoms with Crippen LogP contribution in [0, 0.1) is 11.8 Å². The van der Waals surface area contributed by atoms with Crippen molar-refractivity contribution in [3.05, 3.63) is 24.2 Å². The van der Waals surface area contributed by atoms with E-state index in [4.69, 9.17) is 10.2 Å². The van der Waals surface area contributed by atoms with Crippen LogP contribution in [0.25, 0.3) is 0 Å². The van der Waals surface area contributed by atoms with Crippen LogP contribution in [0.4, 0.5) is 0 Å². The molecule has 1 aliphatic carbocycles. The lowest BCUT2D eigenvalue weighted by molar-refractivity contribution is 0.154. The normalized spacial score (nSPS) is 28.8. The van der Waals surface area contributed by atoms with Gasteiger partial charge in [-0.1, -0.05) is 13.8 Å². The van der Waals surface area contributed by atoms with E-state index in [1.54, 1.807) is 6.26 Å². The number of hydrogen-bond acceptors (Lipinski definition) is 3. The molecule has 0 spiro atoms. The van der Waals surface area contributed by atoms with Gasteiger partial charge in [-0.05, 0) is 49.8 Å². The van der Waals surface area contributed by atoms with Crippen LogP contribution >= 0.6 is 0 Å². The molecule has 2 N–H and O–H groups in total. The molecular formula is C15H26N2O. The quantitative estimate of drug-likeness (QED) is 0.873. The first-order valence-electron chi connectivity index (χ1n) is 7.19. The lowest BCUT2D eigenvalue weighted by atomic mass is 9.79. The Labute approximate surface area is 110 Å². The van der Waals surface area contributed by atoms with E-state index in [2.05, 4.69) is 18.7 Å². The molecule has 1 aliphatic rings. The van der Waals surface area contributed by atoms with Gasteiger partial charge in [0.1, 0.15) is 5.76 Å². The fourth-order valence-corrected chi connectivity index (χ4v) is 2.99. The van der Waals surface area contributed by atoms with E-state index >= 15 is 0 Å². The highest BCUT2D eigenvalue weighted by Crippen LogP contribution is 2.28. The Morgan fingerprint density at radius 3 is 2.94 bits per heavy atom. The lowest BCUT2D eigenvalue weighted by Crippen LogP contribution is -2.42. The number of rotatable bonds is 5. The van der Waals surface area contributed by atoms with Crippen LogP contribution < -0.4 is 5.73 Å². The van der Waals surface area contributed by atoms with Crippen molar-refractivity contribution in [3.8, 4) is 0 Å². The van der Waals surface area contributed by atoms with Gasteiger partial charge in [0.05, 0.1) is 12.8 Å². The summed E-state index contributed by atoms with van der Waals surface area (Å²) in [5.74, 6) is 2.52. The summed E-state index contributed by atoms with van der Waals surface area (Å²) in [7, 11) is 0. The molecule has 1 aromatic rings. The summed E-state index contributed by atoms with van der Waals surface area (Å²) in [6.45, 7) is 7.62. The minimum absolute atomic E-state index is 0.381. The van der Waals surface area contributed by atoms with Crippen molar-refractivity contribution < 1.29 is 4.42 Å². The zero-order chi connectivity index (χ0) is 13.0.